The molecule has 0 aromatic heterocycles. The number of fused-ring (bicyclic) bond motifs is 2. The summed E-state index contributed by atoms with van der Waals surface area (Å²) in [5.74, 6) is -0.623. The minimum Gasteiger partial charge on any atom is -0.489 e. The molecule has 1 unspecified atom stereocenters. The number of anilines is 1. The first-order valence-electron chi connectivity index (χ1n) is 19.7. The molecule has 2 N–H and O–H groups in total. The number of carbonyl (C=O) groups is 3. The lowest BCUT2D eigenvalue weighted by Crippen LogP contribution is -2.54. The molecule has 3 atom stereocenters. The highest BCUT2D eigenvalue weighted by Gasteiger charge is 2.38. The van der Waals surface area contributed by atoms with Gasteiger partial charge in [-0.15, -0.1) is 0 Å². The van der Waals surface area contributed by atoms with Crippen LogP contribution in [0.5, 0.6) is 11.5 Å². The number of nitrogens with one attached hydrogen (secondary N) is 1. The van der Waals surface area contributed by atoms with E-state index in [0.717, 1.165) is 38.9 Å². The summed E-state index contributed by atoms with van der Waals surface area (Å²) in [4.78, 5) is 44.3. The molecule has 0 radical (unpaired) electrons. The van der Waals surface area contributed by atoms with Crippen LogP contribution >= 0.6 is 23.2 Å². The van der Waals surface area contributed by atoms with Gasteiger partial charge in [0.1, 0.15) is 24.1 Å². The van der Waals surface area contributed by atoms with Gasteiger partial charge in [-0.25, -0.2) is 4.79 Å². The zero-order chi connectivity index (χ0) is 42.6. The first-order valence-corrected chi connectivity index (χ1v) is 20.5. The smallest absolute Gasteiger partial charge is 0.326 e. The van der Waals surface area contributed by atoms with Crippen molar-refractivity contribution in [1.29, 1.82) is 5.26 Å². The van der Waals surface area contributed by atoms with Gasteiger partial charge >= 0.3 is 5.97 Å². The molecule has 8 rings (SSSR count). The average Bonchev–Trinajstić information content (AvgIpc) is 3.28. The summed E-state index contributed by atoms with van der Waals surface area (Å²) in [6.07, 6.45) is -0.506. The van der Waals surface area contributed by atoms with E-state index in [1.165, 1.54) is 0 Å². The second-order valence-corrected chi connectivity index (χ2v) is 16.0. The Morgan fingerprint density at radius 1 is 0.852 bits per heavy atom. The van der Waals surface area contributed by atoms with Crippen LogP contribution in [0.1, 0.15) is 45.0 Å². The van der Waals surface area contributed by atoms with Gasteiger partial charge in [0.05, 0.1) is 33.4 Å². The van der Waals surface area contributed by atoms with Crippen molar-refractivity contribution in [3.05, 3.63) is 182 Å². The standard InChI is InChI=1S/C49H40Cl2N4O6/c1-54-43-23-37-24-44(47(56)53-42(49(58)59)22-30-7-12-34(13-8-30)35-14-9-31(26-52)10-15-35)55(27-32-5-3-2-4-6-32)28-38(37)25-45(43)61-46(48(54)57)36-16-18-39(19-17-36)60-29-33-11-20-40(50)41(51)21-33/h2-21,23,25,42,44,46H,22,24,27-29H2,1H3,(H,53,56)(H,58,59)/t42-,44-,46?/m0/s1. The molecule has 12 heteroatoms. The molecular weight excluding hydrogens is 811 g/mol. The van der Waals surface area contributed by atoms with Crippen molar-refractivity contribution in [3.8, 4) is 28.7 Å². The van der Waals surface area contributed by atoms with Crippen molar-refractivity contribution in [2.24, 2.45) is 0 Å². The number of likely N-dealkylation sites (N-methyl/N-ethyl adjacent to an activating group) is 1. The van der Waals surface area contributed by atoms with Crippen molar-refractivity contribution < 1.29 is 29.0 Å². The number of amides is 2. The number of carbonyl (C=O) groups excluding carboxylic acids is 2. The number of hydrogen-bond donors (Lipinski definition) is 2. The fourth-order valence-electron chi connectivity index (χ4n) is 7.75. The molecule has 2 amide bonds. The number of nitriles is 1. The molecule has 10 nitrogen and oxygen atoms in total. The Morgan fingerprint density at radius 3 is 2.21 bits per heavy atom. The van der Waals surface area contributed by atoms with Gasteiger partial charge in [0.2, 0.25) is 12.0 Å². The fraction of sp³-hybridized carbons (Fsp3) is 0.184. The molecule has 61 heavy (non-hydrogen) atoms. The molecular formula is C49H40Cl2N4O6. The van der Waals surface area contributed by atoms with Gasteiger partial charge in [-0.1, -0.05) is 108 Å². The summed E-state index contributed by atoms with van der Waals surface area (Å²) in [5.41, 5.74) is 8.12. The van der Waals surface area contributed by atoms with Crippen LogP contribution in [0.4, 0.5) is 5.69 Å². The van der Waals surface area contributed by atoms with Gasteiger partial charge in [0, 0.05) is 32.1 Å². The number of rotatable bonds is 12. The lowest BCUT2D eigenvalue weighted by atomic mass is 9.91. The minimum absolute atomic E-state index is 0.0874. The molecule has 0 saturated heterocycles. The molecule has 2 heterocycles. The van der Waals surface area contributed by atoms with E-state index in [-0.39, 0.29) is 18.9 Å². The fourth-order valence-corrected chi connectivity index (χ4v) is 8.07. The predicted octanol–water partition coefficient (Wildman–Crippen LogP) is 8.95. The van der Waals surface area contributed by atoms with Crippen molar-refractivity contribution in [1.82, 2.24) is 10.2 Å². The summed E-state index contributed by atoms with van der Waals surface area (Å²) >= 11 is 12.2. The molecule has 0 bridgehead atoms. The van der Waals surface area contributed by atoms with E-state index in [9.17, 15) is 19.5 Å². The van der Waals surface area contributed by atoms with Crippen molar-refractivity contribution in [2.75, 3.05) is 11.9 Å². The maximum absolute atomic E-state index is 14.2. The highest BCUT2D eigenvalue weighted by molar-refractivity contribution is 6.42. The van der Waals surface area contributed by atoms with E-state index in [0.29, 0.717) is 57.9 Å². The lowest BCUT2D eigenvalue weighted by molar-refractivity contribution is -0.142. The van der Waals surface area contributed by atoms with E-state index in [1.807, 2.05) is 97.1 Å². The number of hydrogen-bond acceptors (Lipinski definition) is 7. The quantitative estimate of drug-likeness (QED) is 0.125. The van der Waals surface area contributed by atoms with E-state index in [1.54, 1.807) is 48.3 Å². The maximum Gasteiger partial charge on any atom is 0.326 e. The van der Waals surface area contributed by atoms with Crippen LogP contribution in [0, 0.1) is 11.3 Å². The lowest BCUT2D eigenvalue weighted by Gasteiger charge is -2.39. The number of aliphatic carboxylic acids is 1. The number of ether oxygens (including phenoxy) is 2. The highest BCUT2D eigenvalue weighted by Crippen LogP contribution is 2.42. The van der Waals surface area contributed by atoms with Crippen LogP contribution in [0.15, 0.2) is 133 Å². The summed E-state index contributed by atoms with van der Waals surface area (Å²) in [6.45, 7) is 1.13. The van der Waals surface area contributed by atoms with Gasteiger partial charge in [-0.3, -0.25) is 14.5 Å². The Balaban J connectivity index is 0.990. The van der Waals surface area contributed by atoms with E-state index in [2.05, 4.69) is 16.3 Å². The van der Waals surface area contributed by atoms with Crippen LogP contribution in [-0.2, 0) is 46.9 Å². The number of nitrogens with zero attached hydrogens (tertiary/aromatic N) is 3. The van der Waals surface area contributed by atoms with Crippen LogP contribution in [0.2, 0.25) is 10.0 Å². The monoisotopic (exact) mass is 850 g/mol. The van der Waals surface area contributed by atoms with Gasteiger partial charge in [0.25, 0.3) is 5.91 Å². The van der Waals surface area contributed by atoms with Gasteiger partial charge in [-0.2, -0.15) is 5.26 Å². The Kier molecular flexibility index (Phi) is 12.1. The SMILES string of the molecule is CN1C(=O)C(c2ccc(OCc3ccc(Cl)c(Cl)c3)cc2)Oc2cc3c(cc21)C[C@@H](C(=O)N[C@@H](Cc1ccc(-c2ccc(C#N)cc2)cc1)C(=O)O)N(Cc1ccccc1)C3. The van der Waals surface area contributed by atoms with Gasteiger partial charge in [0.15, 0.2) is 0 Å². The second kappa shape index (κ2) is 17.9. The molecule has 6 aromatic rings. The highest BCUT2D eigenvalue weighted by atomic mass is 35.5. The van der Waals surface area contributed by atoms with Crippen LogP contribution in [-0.4, -0.2) is 46.9 Å². The predicted molar refractivity (Wildman–Crippen MR) is 234 cm³/mol. The molecule has 0 saturated carbocycles. The topological polar surface area (TPSA) is 132 Å². The maximum atomic E-state index is 14.2. The molecule has 6 aromatic carbocycles. The van der Waals surface area contributed by atoms with Gasteiger partial charge < -0.3 is 24.8 Å². The normalized spacial score (nSPS) is 16.4. The third kappa shape index (κ3) is 9.25. The first kappa shape index (κ1) is 41.1. The minimum atomic E-state index is -1.17. The first-order chi connectivity index (χ1) is 29.5. The largest absolute Gasteiger partial charge is 0.489 e. The molecule has 0 spiro atoms. The number of carboxylic acids is 1. The summed E-state index contributed by atoms with van der Waals surface area (Å²) in [6, 6.07) is 41.2. The molecule has 0 aliphatic carbocycles. The van der Waals surface area contributed by atoms with E-state index < -0.39 is 30.1 Å². The number of carboxylic acid groups (broad SMARTS) is 1. The number of halogens is 2. The van der Waals surface area contributed by atoms with Crippen LogP contribution in [0.3, 0.4) is 0 Å². The zero-order valence-corrected chi connectivity index (χ0v) is 34.6. The third-order valence-electron chi connectivity index (χ3n) is 11.1. The molecule has 306 valence electrons. The Bertz CT molecular complexity index is 2630. The second-order valence-electron chi connectivity index (χ2n) is 15.2. The Morgan fingerprint density at radius 2 is 1.54 bits per heavy atom. The molecule has 0 fully saturated rings. The Labute approximate surface area is 363 Å². The zero-order valence-electron chi connectivity index (χ0n) is 33.1. The van der Waals surface area contributed by atoms with E-state index >= 15 is 0 Å². The van der Waals surface area contributed by atoms with Gasteiger partial charge in [-0.05, 0) is 93.9 Å². The summed E-state index contributed by atoms with van der Waals surface area (Å²) in [5, 5.41) is 23.2. The third-order valence-corrected chi connectivity index (χ3v) is 11.9. The number of benzene rings is 6. The molecule has 2 aliphatic rings. The molecule has 2 aliphatic heterocycles. The van der Waals surface area contributed by atoms with Crippen molar-refractivity contribution >= 4 is 46.7 Å². The van der Waals surface area contributed by atoms with Crippen molar-refractivity contribution in [2.45, 2.75) is 50.7 Å². The summed E-state index contributed by atoms with van der Waals surface area (Å²) in [7, 11) is 1.71. The van der Waals surface area contributed by atoms with E-state index in [4.69, 9.17) is 37.9 Å². The Hall–Kier alpha value is -6.64. The van der Waals surface area contributed by atoms with Crippen LogP contribution in [0.25, 0.3) is 11.1 Å². The van der Waals surface area contributed by atoms with Crippen molar-refractivity contribution in [3.63, 3.8) is 0 Å². The summed E-state index contributed by atoms with van der Waals surface area (Å²) < 4.78 is 12.4. The average molecular weight is 852 g/mol. The van der Waals surface area contributed by atoms with Crippen LogP contribution < -0.4 is 19.7 Å².